The molecule has 6 amide bonds. The van der Waals surface area contributed by atoms with Crippen LogP contribution in [0.25, 0.3) is 16.1 Å². The number of nitriles is 1. The van der Waals surface area contributed by atoms with Crippen molar-refractivity contribution in [3.05, 3.63) is 242 Å². The largest absolute Gasteiger partial charge is 0.511 e. The number of nitrogen functional groups attached to an aromatic ring is 1. The van der Waals surface area contributed by atoms with E-state index in [4.69, 9.17) is 32.1 Å². The fourth-order valence-corrected chi connectivity index (χ4v) is 11.5. The highest BCUT2D eigenvalue weighted by molar-refractivity contribution is 9.10. The van der Waals surface area contributed by atoms with E-state index in [1.54, 1.807) is 124 Å². The first-order valence-corrected chi connectivity index (χ1v) is 33.5. The van der Waals surface area contributed by atoms with Gasteiger partial charge in [-0.15, -0.1) is 0 Å². The molecule has 9 aromatic rings. The number of carbonyl (C=O) groups excluding carboxylic acids is 7. The van der Waals surface area contributed by atoms with Crippen LogP contribution in [0.1, 0.15) is 79.8 Å². The summed E-state index contributed by atoms with van der Waals surface area (Å²) in [7, 11) is 3.24. The van der Waals surface area contributed by atoms with Crippen LogP contribution in [0.4, 0.5) is 76.4 Å². The van der Waals surface area contributed by atoms with E-state index in [9.17, 15) is 64.3 Å². The molecular weight excluding hydrogens is 1480 g/mol. The number of nitrogens with zero attached hydrogens (tertiary/aromatic N) is 5. The van der Waals surface area contributed by atoms with Crippen molar-refractivity contribution in [2.24, 2.45) is 19.3 Å². The maximum atomic E-state index is 14.3. The minimum absolute atomic E-state index is 0.00694. The third-order valence-electron chi connectivity index (χ3n) is 17.3. The molecule has 6 aliphatic rings. The number of benzene rings is 7. The van der Waals surface area contributed by atoms with Gasteiger partial charge in [-0.05, 0) is 161 Å². The molecule has 1 saturated heterocycles. The van der Waals surface area contributed by atoms with Gasteiger partial charge in [0.1, 0.15) is 64.4 Å². The van der Waals surface area contributed by atoms with Gasteiger partial charge in [0.25, 0.3) is 17.6 Å². The Balaban J connectivity index is 0.000000157. The van der Waals surface area contributed by atoms with Crippen LogP contribution >= 0.6 is 15.9 Å². The van der Waals surface area contributed by atoms with Gasteiger partial charge in [-0.25, -0.2) is 30.7 Å². The van der Waals surface area contributed by atoms with Gasteiger partial charge in [0.05, 0.1) is 75.1 Å². The number of Topliss-reactive ketones (excluding diaryl/α,β-unsaturated/α-hetero) is 1. The van der Waals surface area contributed by atoms with Crippen molar-refractivity contribution < 1.29 is 78.8 Å². The molecule has 32 heteroatoms. The minimum Gasteiger partial charge on any atom is -0.411 e. The highest BCUT2D eigenvalue weighted by atomic mass is 79.9. The SMILES string of the molecule is CC1(C)C(=O)Nc2c(F)cc(Br)cc21.CC1(C)C(=O)Nc2c(F)cccc21.Cn1c(C#N)ccc1B1OCCNCCO1.Nc1ccccc1F.O=C(C=NO)Nc1ccccc1F.O=C1Cc2cccc(F)c2N1.O=C1Nc2c(F)cccc2C1=O.[C-]#[N+]c1ccc(-c2cc(F)c3c(c2)C(C)(C)C(=O)N3)n1C. The van der Waals surface area contributed by atoms with Crippen LogP contribution in [0, 0.1) is 58.6 Å². The summed E-state index contributed by atoms with van der Waals surface area (Å²) in [5.41, 5.74) is 10.4. The summed E-state index contributed by atoms with van der Waals surface area (Å²) in [4.78, 5) is 81.6. The standard InChI is InChI=1S/C16H14FN3O.C10H14BN3O2.C10H9BrFNO.C10H10FNO.C8H7FN2O2.C8H4FNO2.C8H6FNO.C6H6FN/c1-16(2)10-7-9(8-11(17)14(10)19-15(16)21)12-5-6-13(18-3)20(12)4;1-14-9(8-12)2-3-10(14)11-15-6-4-13-5-7-16-11;1-10(2)6-3-5(11)4-7(12)8(6)13-9(10)14;1-10(2)6-4-3-5-7(11)8(6)12-9(10)13;9-6-3-1-2-4-7(6)11-8(12)5-10-13;9-5-3-1-2-4-6(5)10-8(12)7(4)11;9-6-3-1-2-5-4-7(11)10-8(5)6;7-5-3-1-2-4-6(5)8/h5-8H,1-2,4H3,(H,19,21);2-3,13H,4-7H2,1H3;3-4H,1-2H3,(H,13,14);3-5H,1-2H3,(H,12,13);1-5,13H,(H,11,12);1-3H,(H,10,11,12);1-3H,4H2,(H,10,11);1-4H,8H2. The molecule has 0 radical (unpaired) electrons. The average molecular weight is 1550 g/mol. The molecule has 0 bridgehead atoms. The zero-order chi connectivity index (χ0) is 79.1. The van der Waals surface area contributed by atoms with E-state index in [-0.39, 0.29) is 76.5 Å². The lowest BCUT2D eigenvalue weighted by molar-refractivity contribution is -0.120. The Morgan fingerprint density at radius 1 is 0.620 bits per heavy atom. The zero-order valence-electron chi connectivity index (χ0n) is 59.1. The van der Waals surface area contributed by atoms with Gasteiger partial charge in [-0.1, -0.05) is 82.3 Å². The molecule has 558 valence electrons. The fourth-order valence-electron chi connectivity index (χ4n) is 11.1. The predicted octanol–water partition coefficient (Wildman–Crippen LogP) is 12.6. The number of amides is 6. The number of nitrogens with two attached hydrogens (primary N) is 1. The van der Waals surface area contributed by atoms with Crippen LogP contribution in [-0.4, -0.2) is 95.2 Å². The van der Waals surface area contributed by atoms with Crippen LogP contribution in [0.3, 0.4) is 0 Å². The van der Waals surface area contributed by atoms with Crippen LogP contribution in [0.2, 0.25) is 0 Å². The van der Waals surface area contributed by atoms with Gasteiger partial charge < -0.3 is 66.9 Å². The maximum absolute atomic E-state index is 14.3. The lowest BCUT2D eigenvalue weighted by Gasteiger charge is -2.19. The summed E-state index contributed by atoms with van der Waals surface area (Å²) < 4.78 is 107. The first kappa shape index (κ1) is 81.4. The Hall–Kier alpha value is -12.2. The summed E-state index contributed by atoms with van der Waals surface area (Å²) in [6.07, 6.45) is 0.944. The Bertz CT molecular complexity index is 5070. The molecule has 10 N–H and O–H groups in total. The van der Waals surface area contributed by atoms with E-state index >= 15 is 0 Å². The zero-order valence-corrected chi connectivity index (χ0v) is 60.7. The molecule has 0 atom stereocenters. The molecule has 6 aliphatic heterocycles. The number of para-hydroxylation sites is 5. The maximum Gasteiger partial charge on any atom is 0.511 e. The molecule has 15 rings (SSSR count). The number of carbonyl (C=O) groups is 7. The lowest BCUT2D eigenvalue weighted by Crippen LogP contribution is -2.45. The topological polar surface area (TPSA) is 319 Å². The second kappa shape index (κ2) is 35.2. The number of hydrogen-bond donors (Lipinski definition) is 9. The van der Waals surface area contributed by atoms with Crippen molar-refractivity contribution in [1.82, 2.24) is 14.5 Å². The third kappa shape index (κ3) is 18.9. The molecule has 1 fully saturated rings. The summed E-state index contributed by atoms with van der Waals surface area (Å²) >= 11 is 3.21. The molecule has 0 unspecified atom stereocenters. The smallest absolute Gasteiger partial charge is 0.411 e. The van der Waals surface area contributed by atoms with Crippen molar-refractivity contribution in [1.29, 1.82) is 5.26 Å². The summed E-state index contributed by atoms with van der Waals surface area (Å²) in [6.45, 7) is 20.6. The highest BCUT2D eigenvalue weighted by Gasteiger charge is 2.43. The van der Waals surface area contributed by atoms with Crippen molar-refractivity contribution in [3.8, 4) is 17.3 Å². The minimum atomic E-state index is -0.768. The van der Waals surface area contributed by atoms with Gasteiger partial charge >= 0.3 is 7.12 Å². The Morgan fingerprint density at radius 2 is 1.15 bits per heavy atom. The van der Waals surface area contributed by atoms with Gasteiger partial charge in [-0.2, -0.15) is 5.26 Å². The van der Waals surface area contributed by atoms with E-state index in [1.165, 1.54) is 72.8 Å². The van der Waals surface area contributed by atoms with Crippen LogP contribution in [0.5, 0.6) is 0 Å². The number of aromatic nitrogens is 2. The number of halogens is 8. The van der Waals surface area contributed by atoms with E-state index in [1.807, 2.05) is 19.2 Å². The average Bonchev–Trinajstić information content (AvgIpc) is 1.61. The first-order valence-electron chi connectivity index (χ1n) is 32.7. The van der Waals surface area contributed by atoms with Crippen LogP contribution in [-0.2, 0) is 74.8 Å². The number of rotatable bonds is 4. The van der Waals surface area contributed by atoms with Gasteiger partial charge in [0.15, 0.2) is 0 Å². The monoisotopic (exact) mass is 1550 g/mol. The van der Waals surface area contributed by atoms with E-state index in [0.29, 0.717) is 75.6 Å². The van der Waals surface area contributed by atoms with E-state index < -0.39 is 57.1 Å². The summed E-state index contributed by atoms with van der Waals surface area (Å²) in [5.74, 6) is -5.33. The number of oxime groups is 1. The van der Waals surface area contributed by atoms with Crippen LogP contribution < -0.4 is 48.5 Å². The highest BCUT2D eigenvalue weighted by Crippen LogP contribution is 2.43. The lowest BCUT2D eigenvalue weighted by atomic mass is 9.84. The molecule has 8 heterocycles. The van der Waals surface area contributed by atoms with Gasteiger partial charge in [0, 0.05) is 49.0 Å². The fraction of sp³-hybridized carbons (Fsp3) is 0.211. The van der Waals surface area contributed by atoms with E-state index in [2.05, 4.69) is 69.2 Å². The number of anilines is 7. The second-order valence-electron chi connectivity index (χ2n) is 25.7. The Kier molecular flexibility index (Phi) is 26.6. The number of hydrogen-bond acceptors (Lipinski definition) is 14. The molecule has 2 aromatic heterocycles. The third-order valence-corrected chi connectivity index (χ3v) is 17.8. The Morgan fingerprint density at radius 3 is 1.68 bits per heavy atom. The molecule has 23 nitrogen and oxygen atoms in total. The van der Waals surface area contributed by atoms with Crippen molar-refractivity contribution >= 4 is 122 Å². The molecule has 0 saturated carbocycles. The van der Waals surface area contributed by atoms with Crippen molar-refractivity contribution in [2.45, 2.75) is 64.2 Å². The van der Waals surface area contributed by atoms with E-state index in [0.717, 1.165) is 35.5 Å². The molecular formula is C76H70BBrF7N13O10. The summed E-state index contributed by atoms with van der Waals surface area (Å²) in [6, 6.07) is 40.9. The predicted molar refractivity (Wildman–Crippen MR) is 397 cm³/mol. The normalized spacial score (nSPS) is 15.1. The number of ketones is 1. The molecule has 0 spiro atoms. The Labute approximate surface area is 623 Å². The van der Waals surface area contributed by atoms with Gasteiger partial charge in [0.2, 0.25) is 29.4 Å². The second-order valence-corrected chi connectivity index (χ2v) is 26.6. The van der Waals surface area contributed by atoms with Crippen LogP contribution in [0.15, 0.2) is 161 Å². The number of fused-ring (bicyclic) bond motifs is 5. The van der Waals surface area contributed by atoms with Crippen molar-refractivity contribution in [2.75, 3.05) is 63.9 Å². The van der Waals surface area contributed by atoms with Crippen molar-refractivity contribution in [3.63, 3.8) is 0 Å². The molecule has 108 heavy (non-hydrogen) atoms. The first-order chi connectivity index (χ1) is 51.2. The quantitative estimate of drug-likeness (QED) is 0.0116. The molecule has 7 aromatic carbocycles. The summed E-state index contributed by atoms with van der Waals surface area (Å²) in [5, 5.41) is 37.0. The number of nitrogens with one attached hydrogen (secondary N) is 7. The van der Waals surface area contributed by atoms with Gasteiger partial charge in [-0.3, -0.25) is 38.1 Å². The molecule has 0 aliphatic carbocycles.